The standard InChI is InChI=1S/C21H30FN5S.HI/c1-23-21(24-11-5-12-26(2)19-7-3-6-17(22)16-19)25-18-9-13-27(14-10-18)20-8-4-15-28-20;/h3-4,6-8,15-16,18H,5,9-14H2,1-2H3,(H2,23,24,25);1H. The molecule has 0 amide bonds. The monoisotopic (exact) mass is 531 g/mol. The number of thiophene rings is 1. The van der Waals surface area contributed by atoms with Crippen LogP contribution in [0.25, 0.3) is 0 Å². The van der Waals surface area contributed by atoms with Gasteiger partial charge >= 0.3 is 0 Å². The van der Waals surface area contributed by atoms with E-state index in [0.717, 1.165) is 57.1 Å². The van der Waals surface area contributed by atoms with Gasteiger partial charge < -0.3 is 20.4 Å². The number of nitrogens with one attached hydrogen (secondary N) is 2. The Kier molecular flexibility index (Phi) is 9.99. The molecule has 0 aliphatic carbocycles. The molecule has 1 aromatic carbocycles. The van der Waals surface area contributed by atoms with E-state index in [2.05, 4.69) is 42.9 Å². The summed E-state index contributed by atoms with van der Waals surface area (Å²) in [6, 6.07) is 11.5. The fourth-order valence-corrected chi connectivity index (χ4v) is 4.23. The molecule has 29 heavy (non-hydrogen) atoms. The van der Waals surface area contributed by atoms with E-state index in [1.807, 2.05) is 31.5 Å². The highest BCUT2D eigenvalue weighted by molar-refractivity contribution is 14.0. The Morgan fingerprint density at radius 1 is 1.28 bits per heavy atom. The highest BCUT2D eigenvalue weighted by atomic mass is 127. The van der Waals surface area contributed by atoms with Crippen LogP contribution in [0.1, 0.15) is 19.3 Å². The van der Waals surface area contributed by atoms with Gasteiger partial charge in [0.15, 0.2) is 5.96 Å². The molecule has 2 N–H and O–H groups in total. The van der Waals surface area contributed by atoms with E-state index in [1.165, 1.54) is 11.1 Å². The summed E-state index contributed by atoms with van der Waals surface area (Å²) in [6.45, 7) is 3.83. The molecule has 0 atom stereocenters. The van der Waals surface area contributed by atoms with Gasteiger partial charge in [-0.3, -0.25) is 4.99 Å². The first-order valence-electron chi connectivity index (χ1n) is 9.88. The Balaban J connectivity index is 0.00000300. The van der Waals surface area contributed by atoms with Crippen molar-refractivity contribution in [2.45, 2.75) is 25.3 Å². The zero-order valence-electron chi connectivity index (χ0n) is 17.1. The quantitative estimate of drug-likeness (QED) is 0.244. The SMILES string of the molecule is CN=C(NCCCN(C)c1cccc(F)c1)NC1CCN(c2cccs2)CC1.I. The van der Waals surface area contributed by atoms with E-state index in [4.69, 9.17) is 0 Å². The topological polar surface area (TPSA) is 42.9 Å². The van der Waals surface area contributed by atoms with Crippen molar-refractivity contribution >= 4 is 52.0 Å². The maximum absolute atomic E-state index is 13.3. The maximum atomic E-state index is 13.3. The summed E-state index contributed by atoms with van der Waals surface area (Å²) in [4.78, 5) is 8.89. The smallest absolute Gasteiger partial charge is 0.191 e. The number of hydrogen-bond donors (Lipinski definition) is 2. The third-order valence-corrected chi connectivity index (χ3v) is 6.02. The predicted octanol–water partition coefficient (Wildman–Crippen LogP) is 4.17. The number of hydrogen-bond acceptors (Lipinski definition) is 4. The van der Waals surface area contributed by atoms with Gasteiger partial charge in [0.1, 0.15) is 5.82 Å². The summed E-state index contributed by atoms with van der Waals surface area (Å²) in [5.74, 6) is 0.667. The van der Waals surface area contributed by atoms with Crippen LogP contribution in [0.5, 0.6) is 0 Å². The Morgan fingerprint density at radius 2 is 2.07 bits per heavy atom. The summed E-state index contributed by atoms with van der Waals surface area (Å²) in [5, 5.41) is 10.5. The third-order valence-electron chi connectivity index (χ3n) is 5.09. The molecule has 2 aromatic rings. The first-order valence-corrected chi connectivity index (χ1v) is 10.8. The summed E-state index contributed by atoms with van der Waals surface area (Å²) < 4.78 is 13.3. The van der Waals surface area contributed by atoms with Crippen LogP contribution in [0.2, 0.25) is 0 Å². The average molecular weight is 531 g/mol. The minimum atomic E-state index is -0.197. The molecule has 160 valence electrons. The minimum absolute atomic E-state index is 0. The van der Waals surface area contributed by atoms with Crippen LogP contribution in [-0.2, 0) is 0 Å². The molecular weight excluding hydrogens is 500 g/mol. The van der Waals surface area contributed by atoms with Gasteiger partial charge in [-0.25, -0.2) is 4.39 Å². The zero-order chi connectivity index (χ0) is 19.8. The van der Waals surface area contributed by atoms with Crippen LogP contribution in [0.3, 0.4) is 0 Å². The second-order valence-corrected chi connectivity index (χ2v) is 8.04. The first kappa shape index (κ1) is 23.7. The van der Waals surface area contributed by atoms with Gasteiger partial charge in [-0.05, 0) is 55.0 Å². The molecule has 1 aliphatic rings. The summed E-state index contributed by atoms with van der Waals surface area (Å²) in [6.07, 6.45) is 3.17. The van der Waals surface area contributed by atoms with Crippen molar-refractivity contribution in [2.75, 3.05) is 50.1 Å². The van der Waals surface area contributed by atoms with Crippen LogP contribution >= 0.6 is 35.3 Å². The Morgan fingerprint density at radius 3 is 2.72 bits per heavy atom. The molecule has 0 unspecified atom stereocenters. The van der Waals surface area contributed by atoms with E-state index in [1.54, 1.807) is 12.1 Å². The van der Waals surface area contributed by atoms with Crippen molar-refractivity contribution < 1.29 is 4.39 Å². The highest BCUT2D eigenvalue weighted by Gasteiger charge is 2.20. The molecule has 0 radical (unpaired) electrons. The molecule has 2 heterocycles. The van der Waals surface area contributed by atoms with Crippen molar-refractivity contribution in [3.05, 3.63) is 47.6 Å². The number of nitrogens with zero attached hydrogens (tertiary/aromatic N) is 3. The largest absolute Gasteiger partial charge is 0.374 e. The van der Waals surface area contributed by atoms with Crippen molar-refractivity contribution in [3.63, 3.8) is 0 Å². The second-order valence-electron chi connectivity index (χ2n) is 7.11. The van der Waals surface area contributed by atoms with Crippen LogP contribution in [0.4, 0.5) is 15.1 Å². The van der Waals surface area contributed by atoms with Crippen molar-refractivity contribution in [1.82, 2.24) is 10.6 Å². The molecule has 0 bridgehead atoms. The minimum Gasteiger partial charge on any atom is -0.374 e. The Hall–Kier alpha value is -1.55. The Labute approximate surface area is 194 Å². The summed E-state index contributed by atoms with van der Waals surface area (Å²) in [5.41, 5.74) is 0.903. The number of rotatable bonds is 7. The van der Waals surface area contributed by atoms with Gasteiger partial charge in [0.25, 0.3) is 0 Å². The summed E-state index contributed by atoms with van der Waals surface area (Å²) in [7, 11) is 3.80. The molecule has 3 rings (SSSR count). The molecule has 1 aliphatic heterocycles. The number of guanidine groups is 1. The normalized spacial score (nSPS) is 15.0. The van der Waals surface area contributed by atoms with Gasteiger partial charge in [0, 0.05) is 52.0 Å². The second kappa shape index (κ2) is 12.2. The maximum Gasteiger partial charge on any atom is 0.191 e. The van der Waals surface area contributed by atoms with Crippen molar-refractivity contribution in [2.24, 2.45) is 4.99 Å². The Bertz CT molecular complexity index is 747. The van der Waals surface area contributed by atoms with E-state index in [0.29, 0.717) is 6.04 Å². The molecule has 0 saturated carbocycles. The van der Waals surface area contributed by atoms with Crippen molar-refractivity contribution in [1.29, 1.82) is 0 Å². The lowest BCUT2D eigenvalue weighted by atomic mass is 10.1. The first-order chi connectivity index (χ1) is 13.7. The van der Waals surface area contributed by atoms with Crippen LogP contribution in [0.15, 0.2) is 46.8 Å². The number of anilines is 2. The van der Waals surface area contributed by atoms with Crippen LogP contribution in [-0.4, -0.2) is 52.3 Å². The van der Waals surface area contributed by atoms with Crippen LogP contribution < -0.4 is 20.4 Å². The van der Waals surface area contributed by atoms with E-state index < -0.39 is 0 Å². The highest BCUT2D eigenvalue weighted by Crippen LogP contribution is 2.24. The molecule has 0 spiro atoms. The van der Waals surface area contributed by atoms with Gasteiger partial charge in [0.2, 0.25) is 0 Å². The molecule has 5 nitrogen and oxygen atoms in total. The molecule has 1 saturated heterocycles. The average Bonchev–Trinajstić information content (AvgIpc) is 3.25. The van der Waals surface area contributed by atoms with E-state index in [-0.39, 0.29) is 29.8 Å². The fraction of sp³-hybridized carbons (Fsp3) is 0.476. The number of aliphatic imine (C=N–C) groups is 1. The van der Waals surface area contributed by atoms with Crippen LogP contribution in [0, 0.1) is 5.82 Å². The molecule has 1 aromatic heterocycles. The van der Waals surface area contributed by atoms with Gasteiger partial charge in [-0.15, -0.1) is 35.3 Å². The zero-order valence-corrected chi connectivity index (χ0v) is 20.3. The van der Waals surface area contributed by atoms with Gasteiger partial charge in [-0.2, -0.15) is 0 Å². The molecule has 1 fully saturated rings. The van der Waals surface area contributed by atoms with Crippen molar-refractivity contribution in [3.8, 4) is 0 Å². The number of benzene rings is 1. The molecule has 8 heteroatoms. The lowest BCUT2D eigenvalue weighted by Gasteiger charge is -2.33. The third kappa shape index (κ3) is 7.33. The predicted molar refractivity (Wildman–Crippen MR) is 134 cm³/mol. The lowest BCUT2D eigenvalue weighted by molar-refractivity contribution is 0.462. The van der Waals surface area contributed by atoms with Gasteiger partial charge in [0.05, 0.1) is 5.00 Å². The van der Waals surface area contributed by atoms with E-state index >= 15 is 0 Å². The number of piperidine rings is 1. The molecular formula is C21H31FIN5S. The number of halogens is 2. The summed E-state index contributed by atoms with van der Waals surface area (Å²) >= 11 is 1.81. The van der Waals surface area contributed by atoms with Gasteiger partial charge in [-0.1, -0.05) is 6.07 Å². The lowest BCUT2D eigenvalue weighted by Crippen LogP contribution is -2.49. The fourth-order valence-electron chi connectivity index (χ4n) is 3.45. The van der Waals surface area contributed by atoms with E-state index in [9.17, 15) is 4.39 Å².